The Morgan fingerprint density at radius 3 is 2.45 bits per heavy atom. The van der Waals surface area contributed by atoms with Gasteiger partial charge in [0.2, 0.25) is 5.91 Å². The van der Waals surface area contributed by atoms with Gasteiger partial charge in [0.15, 0.2) is 11.5 Å². The number of piperidine rings is 1. The molecule has 5 heteroatoms. The first kappa shape index (κ1) is 20.4. The van der Waals surface area contributed by atoms with E-state index in [0.717, 1.165) is 49.3 Å². The minimum absolute atomic E-state index is 0.160. The van der Waals surface area contributed by atoms with Crippen molar-refractivity contribution in [3.8, 4) is 11.5 Å². The Balaban J connectivity index is 1.11. The summed E-state index contributed by atoms with van der Waals surface area (Å²) in [6.07, 6.45) is 6.78. The second-order valence-corrected chi connectivity index (χ2v) is 9.11. The fourth-order valence-electron chi connectivity index (χ4n) is 5.37. The monoisotopic (exact) mass is 420 g/mol. The van der Waals surface area contributed by atoms with Crippen LogP contribution in [0.2, 0.25) is 0 Å². The molecule has 1 amide bonds. The average molecular weight is 421 g/mol. The number of benzene rings is 2. The fraction of sp³-hybridized carbons (Fsp3) is 0.500. The minimum Gasteiger partial charge on any atom is -0.490 e. The molecule has 164 valence electrons. The largest absolute Gasteiger partial charge is 0.490 e. The number of fused-ring (bicyclic) bond motifs is 3. The van der Waals surface area contributed by atoms with Crippen LogP contribution in [0.1, 0.15) is 49.7 Å². The lowest BCUT2D eigenvalue weighted by Gasteiger charge is -2.39. The molecule has 3 aliphatic heterocycles. The highest BCUT2D eigenvalue weighted by atomic mass is 16.5. The van der Waals surface area contributed by atoms with E-state index in [0.29, 0.717) is 37.8 Å². The van der Waals surface area contributed by atoms with Gasteiger partial charge in [-0.2, -0.15) is 0 Å². The van der Waals surface area contributed by atoms with Crippen LogP contribution in [-0.2, 0) is 17.8 Å². The van der Waals surface area contributed by atoms with Gasteiger partial charge in [0, 0.05) is 37.5 Å². The summed E-state index contributed by atoms with van der Waals surface area (Å²) in [5.74, 6) is 1.77. The highest BCUT2D eigenvalue weighted by Gasteiger charge is 2.40. The van der Waals surface area contributed by atoms with Crippen LogP contribution in [-0.4, -0.2) is 42.1 Å². The maximum Gasteiger partial charge on any atom is 0.220 e. The number of aryl methyl sites for hydroxylation is 1. The molecule has 2 fully saturated rings. The third-order valence-corrected chi connectivity index (χ3v) is 6.91. The molecule has 5 nitrogen and oxygen atoms in total. The molecule has 2 bridgehead atoms. The quantitative estimate of drug-likeness (QED) is 0.765. The smallest absolute Gasteiger partial charge is 0.220 e. The number of carbonyl (C=O) groups is 1. The Morgan fingerprint density at radius 1 is 0.935 bits per heavy atom. The van der Waals surface area contributed by atoms with E-state index in [4.69, 9.17) is 9.47 Å². The van der Waals surface area contributed by atoms with Gasteiger partial charge in [-0.15, -0.1) is 0 Å². The van der Waals surface area contributed by atoms with Crippen molar-refractivity contribution in [1.82, 2.24) is 10.2 Å². The lowest BCUT2D eigenvalue weighted by atomic mass is 9.96. The van der Waals surface area contributed by atoms with E-state index < -0.39 is 0 Å². The summed E-state index contributed by atoms with van der Waals surface area (Å²) in [4.78, 5) is 15.3. The number of hydrogen-bond acceptors (Lipinski definition) is 4. The van der Waals surface area contributed by atoms with Gasteiger partial charge >= 0.3 is 0 Å². The molecule has 2 aromatic carbocycles. The number of amides is 1. The van der Waals surface area contributed by atoms with Gasteiger partial charge in [0.25, 0.3) is 0 Å². The number of nitrogens with zero attached hydrogens (tertiary/aromatic N) is 1. The van der Waals surface area contributed by atoms with Crippen LogP contribution in [0.15, 0.2) is 48.5 Å². The number of carbonyl (C=O) groups excluding carboxylic acids is 1. The van der Waals surface area contributed by atoms with Crippen molar-refractivity contribution >= 4 is 5.91 Å². The number of nitrogens with one attached hydrogen (secondary N) is 1. The van der Waals surface area contributed by atoms with E-state index in [2.05, 4.69) is 40.5 Å². The standard InChI is InChI=1S/C26H32N2O3/c29-26(12-8-19-7-11-24-25(15-19)31-14-4-13-30-24)27-21-16-22-9-10-23(17-21)28(22)18-20-5-2-1-3-6-20/h1-3,5-7,11,15,21-23H,4,8-10,12-14,16-18H2,(H,27,29). The van der Waals surface area contributed by atoms with Crippen LogP contribution in [0.5, 0.6) is 11.5 Å². The van der Waals surface area contributed by atoms with E-state index >= 15 is 0 Å². The van der Waals surface area contributed by atoms with E-state index in [-0.39, 0.29) is 5.91 Å². The first-order valence-electron chi connectivity index (χ1n) is 11.7. The second-order valence-electron chi connectivity index (χ2n) is 9.11. The molecule has 2 unspecified atom stereocenters. The predicted molar refractivity (Wildman–Crippen MR) is 120 cm³/mol. The normalized spacial score (nSPS) is 25.1. The van der Waals surface area contributed by atoms with E-state index in [1.165, 1.54) is 18.4 Å². The molecule has 1 N–H and O–H groups in total. The maximum absolute atomic E-state index is 12.7. The van der Waals surface area contributed by atoms with Crippen molar-refractivity contribution in [3.05, 3.63) is 59.7 Å². The fourth-order valence-corrected chi connectivity index (χ4v) is 5.37. The third kappa shape index (κ3) is 4.87. The Hall–Kier alpha value is -2.53. The molecule has 0 radical (unpaired) electrons. The van der Waals surface area contributed by atoms with Gasteiger partial charge in [-0.05, 0) is 55.4 Å². The summed E-state index contributed by atoms with van der Waals surface area (Å²) in [7, 11) is 0. The van der Waals surface area contributed by atoms with Crippen molar-refractivity contribution in [3.63, 3.8) is 0 Å². The number of rotatable bonds is 6. The van der Waals surface area contributed by atoms with E-state index in [9.17, 15) is 4.79 Å². The first-order valence-corrected chi connectivity index (χ1v) is 11.7. The lowest BCUT2D eigenvalue weighted by molar-refractivity contribution is -0.122. The van der Waals surface area contributed by atoms with Crippen LogP contribution in [0.3, 0.4) is 0 Å². The highest BCUT2D eigenvalue weighted by Crippen LogP contribution is 2.37. The molecule has 5 rings (SSSR count). The molecule has 2 saturated heterocycles. The Kier molecular flexibility index (Phi) is 6.12. The van der Waals surface area contributed by atoms with Crippen LogP contribution in [0, 0.1) is 0 Å². The number of ether oxygens (including phenoxy) is 2. The van der Waals surface area contributed by atoms with E-state index in [1.54, 1.807) is 0 Å². The van der Waals surface area contributed by atoms with Crippen LogP contribution in [0.4, 0.5) is 0 Å². The molecule has 3 aliphatic rings. The summed E-state index contributed by atoms with van der Waals surface area (Å²) in [6.45, 7) is 2.41. The zero-order chi connectivity index (χ0) is 21.0. The van der Waals surface area contributed by atoms with Crippen molar-refractivity contribution in [2.75, 3.05) is 13.2 Å². The highest BCUT2D eigenvalue weighted by molar-refractivity contribution is 5.76. The molecule has 2 aromatic rings. The Labute approximate surface area is 184 Å². The summed E-state index contributed by atoms with van der Waals surface area (Å²) in [5.41, 5.74) is 2.51. The molecule has 31 heavy (non-hydrogen) atoms. The molecule has 0 spiro atoms. The van der Waals surface area contributed by atoms with Gasteiger partial charge in [0.1, 0.15) is 0 Å². The van der Waals surface area contributed by atoms with Crippen molar-refractivity contribution in [2.45, 2.75) is 69.6 Å². The summed E-state index contributed by atoms with van der Waals surface area (Å²) < 4.78 is 11.5. The molecule has 0 saturated carbocycles. The lowest BCUT2D eigenvalue weighted by Crippen LogP contribution is -2.50. The zero-order valence-electron chi connectivity index (χ0n) is 18.1. The van der Waals surface area contributed by atoms with Crippen LogP contribution >= 0.6 is 0 Å². The van der Waals surface area contributed by atoms with Gasteiger partial charge < -0.3 is 14.8 Å². The Morgan fingerprint density at radius 2 is 1.68 bits per heavy atom. The molecular formula is C26H32N2O3. The summed E-state index contributed by atoms with van der Waals surface area (Å²) >= 11 is 0. The van der Waals surface area contributed by atoms with Gasteiger partial charge in [0.05, 0.1) is 13.2 Å². The third-order valence-electron chi connectivity index (χ3n) is 6.91. The average Bonchev–Trinajstić information content (AvgIpc) is 2.97. The molecule has 0 aliphatic carbocycles. The molecule has 3 heterocycles. The van der Waals surface area contributed by atoms with Gasteiger partial charge in [-0.1, -0.05) is 36.4 Å². The molecule has 2 atom stereocenters. The number of hydrogen-bond donors (Lipinski definition) is 1. The SMILES string of the molecule is O=C(CCc1ccc2c(c1)OCCCO2)NC1CC2CCC(C1)N2Cc1ccccc1. The van der Waals surface area contributed by atoms with Gasteiger partial charge in [-0.25, -0.2) is 0 Å². The van der Waals surface area contributed by atoms with Crippen molar-refractivity contribution in [2.24, 2.45) is 0 Å². The van der Waals surface area contributed by atoms with Gasteiger partial charge in [-0.3, -0.25) is 9.69 Å². The second kappa shape index (κ2) is 9.31. The zero-order valence-corrected chi connectivity index (χ0v) is 18.1. The van der Waals surface area contributed by atoms with E-state index in [1.807, 2.05) is 18.2 Å². The van der Waals surface area contributed by atoms with Crippen molar-refractivity contribution < 1.29 is 14.3 Å². The van der Waals surface area contributed by atoms with Crippen LogP contribution in [0.25, 0.3) is 0 Å². The first-order chi connectivity index (χ1) is 15.2. The topological polar surface area (TPSA) is 50.8 Å². The van der Waals surface area contributed by atoms with Crippen molar-refractivity contribution in [1.29, 1.82) is 0 Å². The summed E-state index contributed by atoms with van der Waals surface area (Å²) in [5, 5.41) is 3.33. The van der Waals surface area contributed by atoms with Crippen LogP contribution < -0.4 is 14.8 Å². The molecule has 0 aromatic heterocycles. The molecular weight excluding hydrogens is 388 g/mol. The Bertz CT molecular complexity index is 887. The maximum atomic E-state index is 12.7. The minimum atomic E-state index is 0.160. The predicted octanol–water partition coefficient (Wildman–Crippen LogP) is 4.09. The summed E-state index contributed by atoms with van der Waals surface area (Å²) in [6, 6.07) is 18.3.